The van der Waals surface area contributed by atoms with Gasteiger partial charge in [0.1, 0.15) is 5.75 Å². The molecule has 0 aliphatic rings. The number of carbonyl (C=O) groups excluding carboxylic acids is 1. The number of benzene rings is 1. The predicted octanol–water partition coefficient (Wildman–Crippen LogP) is 2.74. The summed E-state index contributed by atoms with van der Waals surface area (Å²) in [5.41, 5.74) is 0.622. The summed E-state index contributed by atoms with van der Waals surface area (Å²) in [6, 6.07) is 4.47. The largest absolute Gasteiger partial charge is 0.508 e. The highest BCUT2D eigenvalue weighted by Crippen LogP contribution is 2.26. The maximum absolute atomic E-state index is 12.2. The van der Waals surface area contributed by atoms with E-state index in [0.717, 1.165) is 0 Å². The van der Waals surface area contributed by atoms with Crippen molar-refractivity contribution in [3.63, 3.8) is 0 Å². The van der Waals surface area contributed by atoms with E-state index in [-0.39, 0.29) is 22.4 Å². The van der Waals surface area contributed by atoms with Gasteiger partial charge >= 0.3 is 6.18 Å². The lowest BCUT2D eigenvalue weighted by Crippen LogP contribution is -2.16. The predicted molar refractivity (Wildman–Crippen MR) is 78.6 cm³/mol. The summed E-state index contributed by atoms with van der Waals surface area (Å²) in [4.78, 5) is 16.0. The number of phenols is 1. The molecular formula is C13H13F3N4O2S. The maximum Gasteiger partial charge on any atom is 0.398 e. The minimum absolute atomic E-state index is 0.0161. The molecule has 1 heterocycles. The van der Waals surface area contributed by atoms with Crippen molar-refractivity contribution in [2.45, 2.75) is 18.3 Å². The van der Waals surface area contributed by atoms with Gasteiger partial charge in [0.05, 0.1) is 5.75 Å². The first kappa shape index (κ1) is 17.1. The summed E-state index contributed by atoms with van der Waals surface area (Å²) in [7, 11) is 1.45. The lowest BCUT2D eigenvalue weighted by atomic mass is 10.1. The van der Waals surface area contributed by atoms with E-state index in [1.165, 1.54) is 29.9 Å². The second-order valence-electron chi connectivity index (χ2n) is 4.65. The van der Waals surface area contributed by atoms with E-state index in [1.807, 2.05) is 0 Å². The molecule has 23 heavy (non-hydrogen) atoms. The van der Waals surface area contributed by atoms with Crippen molar-refractivity contribution in [2.24, 2.45) is 7.05 Å². The van der Waals surface area contributed by atoms with Crippen LogP contribution in [-0.4, -0.2) is 37.7 Å². The average Bonchev–Trinajstić information content (AvgIpc) is 2.79. The van der Waals surface area contributed by atoms with Gasteiger partial charge in [-0.25, -0.2) is 4.68 Å². The Bertz CT molecular complexity index is 730. The lowest BCUT2D eigenvalue weighted by molar-refractivity contribution is -0.105. The Balaban J connectivity index is 2.12. The molecule has 0 spiro atoms. The van der Waals surface area contributed by atoms with Gasteiger partial charge in [-0.3, -0.25) is 10.1 Å². The minimum atomic E-state index is -4.33. The Hall–Kier alpha value is -2.23. The number of nitrogens with zero attached hydrogens (tertiary/aromatic N) is 3. The van der Waals surface area contributed by atoms with Crippen LogP contribution in [-0.2, 0) is 7.05 Å². The van der Waals surface area contributed by atoms with Crippen LogP contribution in [0.4, 0.5) is 19.1 Å². The highest BCUT2D eigenvalue weighted by molar-refractivity contribution is 7.99. The van der Waals surface area contributed by atoms with Gasteiger partial charge in [-0.15, -0.1) is 5.10 Å². The normalized spacial score (nSPS) is 11.5. The number of rotatable bonds is 4. The molecule has 0 aliphatic carbocycles. The molecule has 0 radical (unpaired) electrons. The Morgan fingerprint density at radius 3 is 2.78 bits per heavy atom. The molecule has 124 valence electrons. The summed E-state index contributed by atoms with van der Waals surface area (Å²) in [5, 5.41) is 15.8. The number of phenolic OH excluding ortho intramolecular Hbond substituents is 1. The van der Waals surface area contributed by atoms with Crippen molar-refractivity contribution >= 4 is 23.6 Å². The number of hydrogen-bond acceptors (Lipinski definition) is 5. The van der Waals surface area contributed by atoms with Crippen LogP contribution >= 0.6 is 11.8 Å². The molecule has 1 amide bonds. The van der Waals surface area contributed by atoms with Gasteiger partial charge < -0.3 is 5.11 Å². The number of nitrogens with one attached hydrogen (secondary N) is 1. The van der Waals surface area contributed by atoms with Crippen LogP contribution in [0.3, 0.4) is 0 Å². The summed E-state index contributed by atoms with van der Waals surface area (Å²) < 4.78 is 37.7. The molecule has 2 rings (SSSR count). The van der Waals surface area contributed by atoms with E-state index in [2.05, 4.69) is 15.4 Å². The fraction of sp³-hybridized carbons (Fsp3) is 0.308. The summed E-state index contributed by atoms with van der Waals surface area (Å²) in [5.74, 6) is -1.67. The average molecular weight is 346 g/mol. The highest BCUT2D eigenvalue weighted by atomic mass is 32.2. The zero-order valence-electron chi connectivity index (χ0n) is 12.2. The van der Waals surface area contributed by atoms with Gasteiger partial charge in [0, 0.05) is 18.2 Å². The topological polar surface area (TPSA) is 80.0 Å². The smallest absolute Gasteiger partial charge is 0.398 e. The first-order valence-electron chi connectivity index (χ1n) is 6.38. The quantitative estimate of drug-likeness (QED) is 0.832. The summed E-state index contributed by atoms with van der Waals surface area (Å²) >= 11 is 0.432. The zero-order chi connectivity index (χ0) is 17.2. The molecule has 0 aliphatic heterocycles. The summed E-state index contributed by atoms with van der Waals surface area (Å²) in [6.45, 7) is 1.57. The van der Waals surface area contributed by atoms with Crippen LogP contribution in [0.15, 0.2) is 23.4 Å². The molecule has 10 heteroatoms. The van der Waals surface area contributed by atoms with Crippen molar-refractivity contribution in [3.8, 4) is 5.75 Å². The molecule has 6 nitrogen and oxygen atoms in total. The molecule has 2 N–H and O–H groups in total. The van der Waals surface area contributed by atoms with Crippen LogP contribution in [0.1, 0.15) is 15.9 Å². The number of carbonyl (C=O) groups is 1. The Labute approximate surface area is 133 Å². The van der Waals surface area contributed by atoms with E-state index in [1.54, 1.807) is 6.92 Å². The van der Waals surface area contributed by atoms with Gasteiger partial charge in [-0.1, -0.05) is 17.8 Å². The third-order valence-corrected chi connectivity index (χ3v) is 3.79. The highest BCUT2D eigenvalue weighted by Gasteiger charge is 2.28. The van der Waals surface area contributed by atoms with Crippen LogP contribution in [0.25, 0.3) is 0 Å². The Morgan fingerprint density at radius 1 is 1.43 bits per heavy atom. The number of anilines is 1. The van der Waals surface area contributed by atoms with Gasteiger partial charge in [0.2, 0.25) is 11.1 Å². The van der Waals surface area contributed by atoms with Crippen molar-refractivity contribution in [2.75, 3.05) is 11.1 Å². The molecule has 0 unspecified atom stereocenters. The molecule has 0 atom stereocenters. The van der Waals surface area contributed by atoms with Crippen molar-refractivity contribution in [1.29, 1.82) is 0 Å². The van der Waals surface area contributed by atoms with Crippen LogP contribution in [0.5, 0.6) is 5.75 Å². The molecule has 2 aromatic rings. The van der Waals surface area contributed by atoms with Crippen LogP contribution in [0.2, 0.25) is 0 Å². The Morgan fingerprint density at radius 2 is 2.13 bits per heavy atom. The number of alkyl halides is 3. The van der Waals surface area contributed by atoms with E-state index >= 15 is 0 Å². The molecular weight excluding hydrogens is 333 g/mol. The SMILES string of the molecule is Cc1c(O)cccc1C(=O)Nc1nc(SCC(F)(F)F)nn1C. The number of aromatic hydroxyl groups is 1. The number of aromatic nitrogens is 3. The van der Waals surface area contributed by atoms with E-state index in [4.69, 9.17) is 0 Å². The number of amides is 1. The number of halogens is 3. The van der Waals surface area contributed by atoms with Gasteiger partial charge in [0.15, 0.2) is 0 Å². The van der Waals surface area contributed by atoms with Crippen molar-refractivity contribution in [1.82, 2.24) is 14.8 Å². The van der Waals surface area contributed by atoms with Gasteiger partial charge in [-0.05, 0) is 19.1 Å². The maximum atomic E-state index is 12.2. The third kappa shape index (κ3) is 4.38. The van der Waals surface area contributed by atoms with E-state index in [0.29, 0.717) is 17.3 Å². The molecule has 1 aromatic heterocycles. The monoisotopic (exact) mass is 346 g/mol. The van der Waals surface area contributed by atoms with Crippen molar-refractivity contribution < 1.29 is 23.1 Å². The standard InChI is InChI=1S/C13H13F3N4O2S/c1-7-8(4-3-5-9(7)21)10(22)17-11-18-12(19-20(11)2)23-6-13(14,15)16/h3-5,21H,6H2,1-2H3,(H,17,18,19,22). The number of aryl methyl sites for hydroxylation is 1. The number of hydrogen-bond donors (Lipinski definition) is 2. The van der Waals surface area contributed by atoms with Gasteiger partial charge in [0.25, 0.3) is 5.91 Å². The van der Waals surface area contributed by atoms with E-state index in [9.17, 15) is 23.1 Å². The van der Waals surface area contributed by atoms with Crippen molar-refractivity contribution in [3.05, 3.63) is 29.3 Å². The summed E-state index contributed by atoms with van der Waals surface area (Å²) in [6.07, 6.45) is -4.33. The first-order chi connectivity index (χ1) is 10.7. The molecule has 0 saturated carbocycles. The second kappa shape index (κ2) is 6.49. The first-order valence-corrected chi connectivity index (χ1v) is 7.36. The fourth-order valence-corrected chi connectivity index (χ4v) is 2.34. The number of thioether (sulfide) groups is 1. The second-order valence-corrected chi connectivity index (χ2v) is 5.59. The minimum Gasteiger partial charge on any atom is -0.508 e. The van der Waals surface area contributed by atoms with E-state index < -0.39 is 17.8 Å². The fourth-order valence-electron chi connectivity index (χ4n) is 1.72. The lowest BCUT2D eigenvalue weighted by Gasteiger charge is -2.07. The molecule has 0 fully saturated rings. The Kier molecular flexibility index (Phi) is 4.83. The molecule has 1 aromatic carbocycles. The van der Waals surface area contributed by atoms with Crippen LogP contribution < -0.4 is 5.32 Å². The molecule has 0 saturated heterocycles. The molecule has 0 bridgehead atoms. The van der Waals surface area contributed by atoms with Crippen LogP contribution in [0, 0.1) is 6.92 Å². The zero-order valence-corrected chi connectivity index (χ0v) is 13.0. The van der Waals surface area contributed by atoms with Gasteiger partial charge in [-0.2, -0.15) is 18.2 Å². The third-order valence-electron chi connectivity index (χ3n) is 2.88.